The van der Waals surface area contributed by atoms with Gasteiger partial charge in [-0.2, -0.15) is 11.3 Å². The topological polar surface area (TPSA) is 26.0 Å². The van der Waals surface area contributed by atoms with E-state index in [-0.39, 0.29) is 0 Å². The Labute approximate surface area is 58.5 Å². The van der Waals surface area contributed by atoms with Gasteiger partial charge >= 0.3 is 0 Å². The highest BCUT2D eigenvalue weighted by molar-refractivity contribution is 7.08. The van der Waals surface area contributed by atoms with Gasteiger partial charge in [0.2, 0.25) is 0 Å². The predicted molar refractivity (Wildman–Crippen MR) is 39.7 cm³/mol. The molecule has 1 nitrogen and oxygen atoms in total. The molecular formula is C7H9NS. The van der Waals surface area contributed by atoms with Crippen molar-refractivity contribution in [1.82, 2.24) is 0 Å². The molecule has 1 heterocycles. The van der Waals surface area contributed by atoms with Crippen LogP contribution in [0.25, 0.3) is 0 Å². The van der Waals surface area contributed by atoms with Gasteiger partial charge in [0.05, 0.1) is 0 Å². The van der Waals surface area contributed by atoms with Crippen LogP contribution in [0.2, 0.25) is 0 Å². The van der Waals surface area contributed by atoms with E-state index in [1.54, 1.807) is 11.3 Å². The molecule has 48 valence electrons. The molecule has 0 amide bonds. The van der Waals surface area contributed by atoms with Gasteiger partial charge in [-0.05, 0) is 28.8 Å². The average Bonchev–Trinajstić information content (AvgIpc) is 2.44. The van der Waals surface area contributed by atoms with Gasteiger partial charge in [-0.3, -0.25) is 0 Å². The van der Waals surface area contributed by atoms with Crippen LogP contribution < -0.4 is 5.73 Å². The molecule has 0 bridgehead atoms. The highest BCUT2D eigenvalue weighted by Gasteiger charge is 2.34. The standard InChI is InChI=1S/C7H9NS/c8-7-3-6(7)5-1-2-9-4-5/h1-2,4,6-7H,3,8H2/t6-,7+/m1/s1. The molecule has 1 fully saturated rings. The largest absolute Gasteiger partial charge is 0.327 e. The normalized spacial score (nSPS) is 32.6. The van der Waals surface area contributed by atoms with Crippen LogP contribution >= 0.6 is 11.3 Å². The lowest BCUT2D eigenvalue weighted by Crippen LogP contribution is -1.99. The van der Waals surface area contributed by atoms with E-state index in [2.05, 4.69) is 16.8 Å². The summed E-state index contributed by atoms with van der Waals surface area (Å²) in [4.78, 5) is 0. The molecule has 1 aromatic rings. The van der Waals surface area contributed by atoms with Crippen LogP contribution in [0.3, 0.4) is 0 Å². The molecule has 1 aliphatic rings. The average molecular weight is 139 g/mol. The minimum absolute atomic E-state index is 0.458. The molecule has 0 unspecified atom stereocenters. The second kappa shape index (κ2) is 1.82. The smallest absolute Gasteiger partial charge is 0.0115 e. The van der Waals surface area contributed by atoms with Gasteiger partial charge in [0.15, 0.2) is 0 Å². The van der Waals surface area contributed by atoms with Crippen LogP contribution in [0.5, 0.6) is 0 Å². The summed E-state index contributed by atoms with van der Waals surface area (Å²) in [5, 5.41) is 4.30. The van der Waals surface area contributed by atoms with Gasteiger partial charge in [0.1, 0.15) is 0 Å². The van der Waals surface area contributed by atoms with E-state index in [1.807, 2.05) is 0 Å². The van der Waals surface area contributed by atoms with Crippen LogP contribution in [-0.2, 0) is 0 Å². The first-order chi connectivity index (χ1) is 4.38. The second-order valence-electron chi connectivity index (χ2n) is 2.56. The number of hydrogen-bond acceptors (Lipinski definition) is 2. The fourth-order valence-electron chi connectivity index (χ4n) is 1.08. The molecule has 0 spiro atoms. The molecule has 0 aliphatic heterocycles. The molecule has 1 aromatic heterocycles. The van der Waals surface area contributed by atoms with Crippen LogP contribution in [0, 0.1) is 0 Å². The first-order valence-electron chi connectivity index (χ1n) is 3.15. The van der Waals surface area contributed by atoms with Gasteiger partial charge < -0.3 is 5.73 Å². The zero-order valence-electron chi connectivity index (χ0n) is 5.08. The maximum absolute atomic E-state index is 5.66. The first-order valence-corrected chi connectivity index (χ1v) is 4.10. The van der Waals surface area contributed by atoms with Crippen molar-refractivity contribution in [3.05, 3.63) is 22.4 Å². The Hall–Kier alpha value is -0.340. The molecule has 0 saturated heterocycles. The van der Waals surface area contributed by atoms with Gasteiger partial charge in [-0.25, -0.2) is 0 Å². The maximum Gasteiger partial charge on any atom is 0.0115 e. The van der Waals surface area contributed by atoms with Gasteiger partial charge in [-0.15, -0.1) is 0 Å². The van der Waals surface area contributed by atoms with Gasteiger partial charge in [0, 0.05) is 12.0 Å². The van der Waals surface area contributed by atoms with E-state index in [4.69, 9.17) is 5.73 Å². The highest BCUT2D eigenvalue weighted by atomic mass is 32.1. The second-order valence-corrected chi connectivity index (χ2v) is 3.34. The third-order valence-corrected chi connectivity index (χ3v) is 2.51. The van der Waals surface area contributed by atoms with Crippen molar-refractivity contribution in [2.24, 2.45) is 5.73 Å². The third-order valence-electron chi connectivity index (χ3n) is 1.81. The minimum Gasteiger partial charge on any atom is -0.327 e. The van der Waals surface area contributed by atoms with Crippen LogP contribution in [0.1, 0.15) is 17.9 Å². The van der Waals surface area contributed by atoms with Crippen molar-refractivity contribution in [3.63, 3.8) is 0 Å². The summed E-state index contributed by atoms with van der Waals surface area (Å²) in [5.41, 5.74) is 7.10. The summed E-state index contributed by atoms with van der Waals surface area (Å²) in [6, 6.07) is 2.63. The molecule has 2 rings (SSSR count). The van der Waals surface area contributed by atoms with Crippen molar-refractivity contribution in [2.45, 2.75) is 18.4 Å². The Morgan fingerprint density at radius 3 is 2.89 bits per heavy atom. The van der Waals surface area contributed by atoms with Crippen LogP contribution in [-0.4, -0.2) is 6.04 Å². The van der Waals surface area contributed by atoms with Gasteiger partial charge in [0.25, 0.3) is 0 Å². The third kappa shape index (κ3) is 0.884. The monoisotopic (exact) mass is 139 g/mol. The molecule has 2 N–H and O–H groups in total. The Balaban J connectivity index is 2.18. The molecule has 2 heteroatoms. The minimum atomic E-state index is 0.458. The summed E-state index contributed by atoms with van der Waals surface area (Å²) in [6.45, 7) is 0. The van der Waals surface area contributed by atoms with Crippen LogP contribution in [0.4, 0.5) is 0 Å². The number of nitrogens with two attached hydrogens (primary N) is 1. The number of rotatable bonds is 1. The summed E-state index contributed by atoms with van der Waals surface area (Å²) in [5.74, 6) is 0.691. The number of thiophene rings is 1. The van der Waals surface area contributed by atoms with E-state index < -0.39 is 0 Å². The fourth-order valence-corrected chi connectivity index (χ4v) is 1.81. The highest BCUT2D eigenvalue weighted by Crippen LogP contribution is 2.39. The Morgan fingerprint density at radius 1 is 1.67 bits per heavy atom. The molecule has 9 heavy (non-hydrogen) atoms. The lowest BCUT2D eigenvalue weighted by molar-refractivity contribution is 0.995. The molecule has 2 atom stereocenters. The molecular weight excluding hydrogens is 130 g/mol. The van der Waals surface area contributed by atoms with Gasteiger partial charge in [-0.1, -0.05) is 0 Å². The molecule has 0 aromatic carbocycles. The number of hydrogen-bond donors (Lipinski definition) is 1. The Kier molecular flexibility index (Phi) is 1.10. The van der Waals surface area contributed by atoms with Crippen molar-refractivity contribution >= 4 is 11.3 Å². The zero-order valence-corrected chi connectivity index (χ0v) is 5.90. The summed E-state index contributed by atoms with van der Waals surface area (Å²) in [6.07, 6.45) is 1.19. The molecule has 0 radical (unpaired) electrons. The van der Waals surface area contributed by atoms with Crippen molar-refractivity contribution in [2.75, 3.05) is 0 Å². The van der Waals surface area contributed by atoms with Crippen molar-refractivity contribution < 1.29 is 0 Å². The maximum atomic E-state index is 5.66. The summed E-state index contributed by atoms with van der Waals surface area (Å²) < 4.78 is 0. The van der Waals surface area contributed by atoms with Crippen LogP contribution in [0.15, 0.2) is 16.8 Å². The van der Waals surface area contributed by atoms with E-state index in [1.165, 1.54) is 12.0 Å². The van der Waals surface area contributed by atoms with E-state index in [0.717, 1.165) is 0 Å². The molecule has 1 aliphatic carbocycles. The Morgan fingerprint density at radius 2 is 2.44 bits per heavy atom. The quantitative estimate of drug-likeness (QED) is 0.628. The van der Waals surface area contributed by atoms with E-state index in [9.17, 15) is 0 Å². The summed E-state index contributed by atoms with van der Waals surface area (Å²) >= 11 is 1.75. The lowest BCUT2D eigenvalue weighted by atomic mass is 10.2. The first kappa shape index (κ1) is 5.45. The van der Waals surface area contributed by atoms with Crippen molar-refractivity contribution in [1.29, 1.82) is 0 Å². The Bertz CT molecular complexity index is 193. The summed E-state index contributed by atoms with van der Waals surface area (Å²) in [7, 11) is 0. The van der Waals surface area contributed by atoms with Crippen molar-refractivity contribution in [3.8, 4) is 0 Å². The fraction of sp³-hybridized carbons (Fsp3) is 0.429. The lowest BCUT2D eigenvalue weighted by Gasteiger charge is -1.86. The predicted octanol–water partition coefficient (Wildman–Crippen LogP) is 1.56. The molecule has 1 saturated carbocycles. The zero-order chi connectivity index (χ0) is 6.27. The van der Waals surface area contributed by atoms with E-state index >= 15 is 0 Å². The SMILES string of the molecule is N[C@H]1C[C@@H]1c1ccsc1. The van der Waals surface area contributed by atoms with E-state index in [0.29, 0.717) is 12.0 Å².